The molecule has 2 heterocycles. The highest BCUT2D eigenvalue weighted by atomic mass is 35.5. The lowest BCUT2D eigenvalue weighted by molar-refractivity contribution is -0.124. The zero-order chi connectivity index (χ0) is 17.0. The Bertz CT molecular complexity index is 679. The van der Waals surface area contributed by atoms with Gasteiger partial charge >= 0.3 is 0 Å². The van der Waals surface area contributed by atoms with Crippen LogP contribution in [0.1, 0.15) is 24.7 Å². The molecule has 8 heteroatoms. The third kappa shape index (κ3) is 4.72. The predicted molar refractivity (Wildman–Crippen MR) is 90.7 cm³/mol. The van der Waals surface area contributed by atoms with Crippen LogP contribution in [0.5, 0.6) is 0 Å². The summed E-state index contributed by atoms with van der Waals surface area (Å²) in [5.41, 5.74) is 1.79. The number of carbonyl (C=O) groups is 1. The average molecular weight is 358 g/mol. The third-order valence-corrected chi connectivity index (χ3v) is 4.39. The number of rotatable bonds is 7. The highest BCUT2D eigenvalue weighted by molar-refractivity contribution is 6.31. The van der Waals surface area contributed by atoms with E-state index in [2.05, 4.69) is 15.5 Å². The van der Waals surface area contributed by atoms with Crippen LogP contribution in [0.2, 0.25) is 10.0 Å². The van der Waals surface area contributed by atoms with E-state index in [0.29, 0.717) is 23.1 Å². The van der Waals surface area contributed by atoms with Crippen molar-refractivity contribution in [1.29, 1.82) is 0 Å². The van der Waals surface area contributed by atoms with E-state index < -0.39 is 0 Å². The van der Waals surface area contributed by atoms with Crippen LogP contribution < -0.4 is 5.32 Å². The van der Waals surface area contributed by atoms with Crippen molar-refractivity contribution in [3.8, 4) is 0 Å². The van der Waals surface area contributed by atoms with Crippen molar-refractivity contribution in [3.63, 3.8) is 0 Å². The Kier molecular flexibility index (Phi) is 6.07. The molecule has 23 heavy (non-hydrogen) atoms. The summed E-state index contributed by atoms with van der Waals surface area (Å²) in [5, 5.41) is 12.7. The Hall–Kier alpha value is -1.53. The molecule has 1 N–H and O–H groups in total. The number of amides is 1. The van der Waals surface area contributed by atoms with E-state index in [1.165, 1.54) is 0 Å². The highest BCUT2D eigenvalue weighted by Gasteiger charge is 2.14. The summed E-state index contributed by atoms with van der Waals surface area (Å²) in [6, 6.07) is 0. The van der Waals surface area contributed by atoms with Gasteiger partial charge in [-0.05, 0) is 20.3 Å². The quantitative estimate of drug-likeness (QED) is 0.774. The van der Waals surface area contributed by atoms with Crippen LogP contribution in [0.25, 0.3) is 0 Å². The molecule has 0 fully saturated rings. The SMILES string of the molecule is Cc1nn(CCCNC(=O)C(C)Cn2cc(Cl)cn2)c(C)c1Cl. The number of nitrogens with zero attached hydrogens (tertiary/aromatic N) is 4. The van der Waals surface area contributed by atoms with E-state index in [4.69, 9.17) is 23.2 Å². The minimum Gasteiger partial charge on any atom is -0.356 e. The number of hydrogen-bond donors (Lipinski definition) is 1. The second kappa shape index (κ2) is 7.84. The lowest BCUT2D eigenvalue weighted by Gasteiger charge is -2.12. The van der Waals surface area contributed by atoms with Crippen molar-refractivity contribution >= 4 is 29.1 Å². The van der Waals surface area contributed by atoms with E-state index >= 15 is 0 Å². The maximum atomic E-state index is 12.1. The molecule has 126 valence electrons. The van der Waals surface area contributed by atoms with Gasteiger partial charge < -0.3 is 5.32 Å². The van der Waals surface area contributed by atoms with Gasteiger partial charge in [0.1, 0.15) is 0 Å². The summed E-state index contributed by atoms with van der Waals surface area (Å²) >= 11 is 11.9. The van der Waals surface area contributed by atoms with Gasteiger partial charge in [-0.3, -0.25) is 14.2 Å². The van der Waals surface area contributed by atoms with E-state index in [9.17, 15) is 4.79 Å². The molecule has 6 nitrogen and oxygen atoms in total. The maximum Gasteiger partial charge on any atom is 0.224 e. The fourth-order valence-electron chi connectivity index (χ4n) is 2.31. The molecule has 0 spiro atoms. The lowest BCUT2D eigenvalue weighted by Crippen LogP contribution is -2.32. The summed E-state index contributed by atoms with van der Waals surface area (Å²) in [6.45, 7) is 7.52. The Labute approximate surface area is 145 Å². The molecule has 0 aliphatic carbocycles. The average Bonchev–Trinajstić information content (AvgIpc) is 3.02. The molecule has 1 unspecified atom stereocenters. The fourth-order valence-corrected chi connectivity index (χ4v) is 2.60. The number of aromatic nitrogens is 4. The van der Waals surface area contributed by atoms with Crippen LogP contribution in [0.3, 0.4) is 0 Å². The molecule has 0 saturated heterocycles. The van der Waals surface area contributed by atoms with Gasteiger partial charge in [0.2, 0.25) is 5.91 Å². The van der Waals surface area contributed by atoms with Gasteiger partial charge in [-0.1, -0.05) is 30.1 Å². The molecule has 0 saturated carbocycles. The van der Waals surface area contributed by atoms with Gasteiger partial charge in [0, 0.05) is 19.3 Å². The van der Waals surface area contributed by atoms with Crippen molar-refractivity contribution in [2.24, 2.45) is 5.92 Å². The Balaban J connectivity index is 1.72. The van der Waals surface area contributed by atoms with Gasteiger partial charge in [-0.15, -0.1) is 0 Å². The molecule has 2 rings (SSSR count). The molecule has 0 aliphatic rings. The summed E-state index contributed by atoms with van der Waals surface area (Å²) < 4.78 is 3.55. The molecule has 0 bridgehead atoms. The van der Waals surface area contributed by atoms with Gasteiger partial charge in [0.15, 0.2) is 0 Å². The molecule has 1 amide bonds. The van der Waals surface area contributed by atoms with Crippen LogP contribution in [0.4, 0.5) is 0 Å². The normalized spacial score (nSPS) is 12.4. The van der Waals surface area contributed by atoms with Crippen LogP contribution in [0, 0.1) is 19.8 Å². The number of aryl methyl sites for hydroxylation is 2. The zero-order valence-electron chi connectivity index (χ0n) is 13.5. The molecule has 2 aromatic rings. The largest absolute Gasteiger partial charge is 0.356 e. The molecule has 1 atom stereocenters. The van der Waals surface area contributed by atoms with E-state index in [-0.39, 0.29) is 11.8 Å². The maximum absolute atomic E-state index is 12.1. The topological polar surface area (TPSA) is 64.7 Å². The minimum atomic E-state index is -0.172. The number of halogens is 2. The molecule has 0 radical (unpaired) electrons. The monoisotopic (exact) mass is 357 g/mol. The van der Waals surface area contributed by atoms with Gasteiger partial charge in [-0.2, -0.15) is 10.2 Å². The van der Waals surface area contributed by atoms with E-state index in [1.54, 1.807) is 17.1 Å². The number of carbonyl (C=O) groups excluding carboxylic acids is 1. The van der Waals surface area contributed by atoms with Crippen molar-refractivity contribution in [2.75, 3.05) is 6.54 Å². The molecular formula is C15H21Cl2N5O. The Morgan fingerprint density at radius 1 is 1.39 bits per heavy atom. The summed E-state index contributed by atoms with van der Waals surface area (Å²) in [5.74, 6) is -0.169. The molecular weight excluding hydrogens is 337 g/mol. The third-order valence-electron chi connectivity index (χ3n) is 3.65. The first-order valence-electron chi connectivity index (χ1n) is 7.53. The summed E-state index contributed by atoms with van der Waals surface area (Å²) in [7, 11) is 0. The van der Waals surface area contributed by atoms with E-state index in [0.717, 1.165) is 24.4 Å². The van der Waals surface area contributed by atoms with Crippen molar-refractivity contribution < 1.29 is 4.79 Å². The highest BCUT2D eigenvalue weighted by Crippen LogP contribution is 2.18. The first kappa shape index (κ1) is 17.8. The second-order valence-corrected chi connectivity index (χ2v) is 6.45. The van der Waals surface area contributed by atoms with Gasteiger partial charge in [-0.25, -0.2) is 0 Å². The van der Waals surface area contributed by atoms with Gasteiger partial charge in [0.05, 0.1) is 40.1 Å². The van der Waals surface area contributed by atoms with Crippen molar-refractivity contribution in [2.45, 2.75) is 40.3 Å². The predicted octanol–water partition coefficient (Wildman–Crippen LogP) is 2.85. The summed E-state index contributed by atoms with van der Waals surface area (Å²) in [4.78, 5) is 12.1. The lowest BCUT2D eigenvalue weighted by atomic mass is 10.1. The first-order chi connectivity index (χ1) is 10.9. The van der Waals surface area contributed by atoms with Crippen LogP contribution in [-0.4, -0.2) is 32.0 Å². The van der Waals surface area contributed by atoms with Crippen LogP contribution in [0.15, 0.2) is 12.4 Å². The Morgan fingerprint density at radius 2 is 2.13 bits per heavy atom. The van der Waals surface area contributed by atoms with Crippen molar-refractivity contribution in [3.05, 3.63) is 33.8 Å². The second-order valence-electron chi connectivity index (χ2n) is 5.63. The molecule has 2 aromatic heterocycles. The van der Waals surface area contributed by atoms with Crippen LogP contribution >= 0.6 is 23.2 Å². The minimum absolute atomic E-state index is 0.00280. The van der Waals surface area contributed by atoms with Gasteiger partial charge in [0.25, 0.3) is 0 Å². The number of hydrogen-bond acceptors (Lipinski definition) is 3. The van der Waals surface area contributed by atoms with Crippen LogP contribution in [-0.2, 0) is 17.9 Å². The first-order valence-corrected chi connectivity index (χ1v) is 8.29. The van der Waals surface area contributed by atoms with Crippen molar-refractivity contribution in [1.82, 2.24) is 24.9 Å². The molecule has 0 aromatic carbocycles. The number of nitrogens with one attached hydrogen (secondary N) is 1. The smallest absolute Gasteiger partial charge is 0.224 e. The fraction of sp³-hybridized carbons (Fsp3) is 0.533. The summed E-state index contributed by atoms with van der Waals surface area (Å²) in [6.07, 6.45) is 4.06. The zero-order valence-corrected chi connectivity index (χ0v) is 15.0. The van der Waals surface area contributed by atoms with E-state index in [1.807, 2.05) is 25.5 Å². The standard InChI is InChI=1S/C15H21Cl2N5O/c1-10(8-21-9-13(16)7-19-21)15(23)18-5-4-6-22-12(3)14(17)11(2)20-22/h7,9-10H,4-6,8H2,1-3H3,(H,18,23). The Morgan fingerprint density at radius 3 is 2.70 bits per heavy atom. The molecule has 0 aliphatic heterocycles.